The van der Waals surface area contributed by atoms with Gasteiger partial charge >= 0.3 is 35.5 Å². The molecule has 3 heteroatoms. The van der Waals surface area contributed by atoms with Crippen molar-refractivity contribution in [2.24, 2.45) is 0 Å². The molecule has 2 aromatic rings. The second-order valence-electron chi connectivity index (χ2n) is 4.40. The number of benzene rings is 2. The molecule has 19 heavy (non-hydrogen) atoms. The molecule has 1 unspecified atom stereocenters. The first-order valence-electron chi connectivity index (χ1n) is 6.06. The summed E-state index contributed by atoms with van der Waals surface area (Å²) in [5, 5.41) is 9.02. The van der Waals surface area contributed by atoms with Gasteiger partial charge in [-0.15, -0.1) is 0 Å². The molecule has 0 aromatic heterocycles. The number of carbonyl (C=O) groups is 1. The largest absolute Gasteiger partial charge is 1.00 e. The first kappa shape index (κ1) is 16.0. The summed E-state index contributed by atoms with van der Waals surface area (Å²) >= 11 is 0. The molecule has 94 valence electrons. The van der Waals surface area contributed by atoms with Gasteiger partial charge in [-0.1, -0.05) is 60.7 Å². The van der Waals surface area contributed by atoms with E-state index >= 15 is 0 Å². The van der Waals surface area contributed by atoms with E-state index in [1.54, 1.807) is 0 Å². The summed E-state index contributed by atoms with van der Waals surface area (Å²) in [6.45, 7) is 0. The third-order valence-corrected chi connectivity index (χ3v) is 3.02. The van der Waals surface area contributed by atoms with Crippen LogP contribution >= 0.6 is 0 Å². The van der Waals surface area contributed by atoms with E-state index in [0.717, 1.165) is 12.0 Å². The van der Waals surface area contributed by atoms with Crippen LogP contribution in [0.25, 0.3) is 0 Å². The molecule has 0 fully saturated rings. The Morgan fingerprint density at radius 3 is 2.05 bits per heavy atom. The molecule has 2 nitrogen and oxygen atoms in total. The number of hydrogen-bond donors (Lipinski definition) is 1. The van der Waals surface area contributed by atoms with E-state index in [1.807, 2.05) is 60.7 Å². The van der Waals surface area contributed by atoms with Crippen LogP contribution in [0.3, 0.4) is 0 Å². The Hall–Kier alpha value is -1.09. The second kappa shape index (κ2) is 8.16. The Balaban J connectivity index is 0.00000180. The first-order chi connectivity index (χ1) is 8.75. The topological polar surface area (TPSA) is 37.3 Å². The Bertz CT molecular complexity index is 502. The quantitative estimate of drug-likeness (QED) is 0.803. The first-order valence-corrected chi connectivity index (χ1v) is 6.06. The zero-order valence-electron chi connectivity index (χ0n) is 12.1. The fourth-order valence-electron chi connectivity index (χ4n) is 2.14. The molecule has 0 aliphatic rings. The van der Waals surface area contributed by atoms with Crippen LogP contribution in [0.1, 0.15) is 24.9 Å². The van der Waals surface area contributed by atoms with Gasteiger partial charge in [0.2, 0.25) is 0 Å². The SMILES string of the molecule is O=C(O)CC(Cc1ccccc1)c1ccccc1.[H-].[Na+]. The van der Waals surface area contributed by atoms with Crippen LogP contribution in [-0.2, 0) is 11.2 Å². The van der Waals surface area contributed by atoms with E-state index in [4.69, 9.17) is 5.11 Å². The second-order valence-corrected chi connectivity index (χ2v) is 4.40. The molecule has 0 saturated heterocycles. The molecular formula is C16H17NaO2. The number of carboxylic acids is 1. The molecule has 0 spiro atoms. The monoisotopic (exact) mass is 264 g/mol. The van der Waals surface area contributed by atoms with Gasteiger partial charge in [-0.2, -0.15) is 0 Å². The van der Waals surface area contributed by atoms with Gasteiger partial charge in [0.05, 0.1) is 6.42 Å². The van der Waals surface area contributed by atoms with Crippen LogP contribution in [-0.4, -0.2) is 11.1 Å². The van der Waals surface area contributed by atoms with Gasteiger partial charge in [0, 0.05) is 0 Å². The standard InChI is InChI=1S/C16H16O2.Na.H/c17-16(18)12-15(14-9-5-2-6-10-14)11-13-7-3-1-4-8-13;;/h1-10,15H,11-12H2,(H,17,18);;/q;+1;-1. The van der Waals surface area contributed by atoms with Crippen LogP contribution in [0.4, 0.5) is 0 Å². The maximum absolute atomic E-state index is 11.0. The minimum atomic E-state index is -0.750. The zero-order chi connectivity index (χ0) is 12.8. The zero-order valence-corrected chi connectivity index (χ0v) is 13.1. The molecule has 0 amide bonds. The fourth-order valence-corrected chi connectivity index (χ4v) is 2.14. The molecule has 1 N–H and O–H groups in total. The summed E-state index contributed by atoms with van der Waals surface area (Å²) in [6, 6.07) is 19.9. The predicted molar refractivity (Wildman–Crippen MR) is 72.7 cm³/mol. The van der Waals surface area contributed by atoms with Gasteiger partial charge in [0.25, 0.3) is 0 Å². The summed E-state index contributed by atoms with van der Waals surface area (Å²) in [5.41, 5.74) is 2.26. The Kier molecular flexibility index (Phi) is 6.85. The third kappa shape index (κ3) is 5.19. The van der Waals surface area contributed by atoms with E-state index in [9.17, 15) is 4.79 Å². The Morgan fingerprint density at radius 1 is 1.00 bits per heavy atom. The maximum atomic E-state index is 11.0. The van der Waals surface area contributed by atoms with Gasteiger partial charge in [-0.05, 0) is 23.5 Å². The van der Waals surface area contributed by atoms with Crippen molar-refractivity contribution in [3.05, 3.63) is 71.8 Å². The molecule has 0 heterocycles. The van der Waals surface area contributed by atoms with Crippen LogP contribution in [0, 0.1) is 0 Å². The maximum Gasteiger partial charge on any atom is 1.00 e. The smallest absolute Gasteiger partial charge is 1.00 e. The van der Waals surface area contributed by atoms with E-state index in [0.29, 0.717) is 0 Å². The van der Waals surface area contributed by atoms with Crippen molar-refractivity contribution in [1.82, 2.24) is 0 Å². The molecule has 2 rings (SSSR count). The van der Waals surface area contributed by atoms with Crippen molar-refractivity contribution >= 4 is 5.97 Å². The van der Waals surface area contributed by atoms with E-state index in [1.165, 1.54) is 5.56 Å². The van der Waals surface area contributed by atoms with Crippen LogP contribution in [0.15, 0.2) is 60.7 Å². The molecule has 0 radical (unpaired) electrons. The summed E-state index contributed by atoms with van der Waals surface area (Å²) in [6.07, 6.45) is 0.927. The van der Waals surface area contributed by atoms with Crippen molar-refractivity contribution in [2.45, 2.75) is 18.8 Å². The number of aliphatic carboxylic acids is 1. The summed E-state index contributed by atoms with van der Waals surface area (Å²) in [5.74, 6) is -0.717. The van der Waals surface area contributed by atoms with Crippen LogP contribution in [0.2, 0.25) is 0 Å². The number of carboxylic acid groups (broad SMARTS) is 1. The summed E-state index contributed by atoms with van der Waals surface area (Å²) < 4.78 is 0. The van der Waals surface area contributed by atoms with Gasteiger partial charge < -0.3 is 6.53 Å². The third-order valence-electron chi connectivity index (χ3n) is 3.02. The van der Waals surface area contributed by atoms with Crippen LogP contribution in [0.5, 0.6) is 0 Å². The van der Waals surface area contributed by atoms with Crippen molar-refractivity contribution in [2.75, 3.05) is 0 Å². The van der Waals surface area contributed by atoms with E-state index < -0.39 is 5.97 Å². The average molecular weight is 264 g/mol. The number of hydrogen-bond acceptors (Lipinski definition) is 1. The summed E-state index contributed by atoms with van der Waals surface area (Å²) in [4.78, 5) is 11.0. The molecule has 0 saturated carbocycles. The van der Waals surface area contributed by atoms with Gasteiger partial charge in [0.1, 0.15) is 0 Å². The van der Waals surface area contributed by atoms with Crippen LogP contribution < -0.4 is 29.6 Å². The van der Waals surface area contributed by atoms with E-state index in [2.05, 4.69) is 0 Å². The Labute approximate surface area is 137 Å². The summed E-state index contributed by atoms with van der Waals surface area (Å²) in [7, 11) is 0. The molecule has 2 aromatic carbocycles. The predicted octanol–water partition coefficient (Wildman–Crippen LogP) is 0.604. The number of rotatable bonds is 5. The molecule has 0 aliphatic carbocycles. The van der Waals surface area contributed by atoms with Gasteiger partial charge in [-0.25, -0.2) is 0 Å². The van der Waals surface area contributed by atoms with E-state index in [-0.39, 0.29) is 43.3 Å². The fraction of sp³-hybridized carbons (Fsp3) is 0.188. The molecule has 0 aliphatic heterocycles. The average Bonchev–Trinajstić information content (AvgIpc) is 2.40. The van der Waals surface area contributed by atoms with Crippen molar-refractivity contribution in [3.8, 4) is 0 Å². The van der Waals surface area contributed by atoms with Crippen molar-refractivity contribution in [1.29, 1.82) is 0 Å². The molecule has 1 atom stereocenters. The van der Waals surface area contributed by atoms with Gasteiger partial charge in [0.15, 0.2) is 0 Å². The van der Waals surface area contributed by atoms with Crippen molar-refractivity contribution in [3.63, 3.8) is 0 Å². The minimum absolute atomic E-state index is 0. The Morgan fingerprint density at radius 2 is 1.53 bits per heavy atom. The molecule has 0 bridgehead atoms. The van der Waals surface area contributed by atoms with Gasteiger partial charge in [-0.3, -0.25) is 4.79 Å². The van der Waals surface area contributed by atoms with Crippen molar-refractivity contribution < 1.29 is 40.9 Å². The molecular weight excluding hydrogens is 247 g/mol. The minimum Gasteiger partial charge on any atom is -1.00 e. The normalized spacial score (nSPS) is 11.4.